The molecule has 0 spiro atoms. The lowest BCUT2D eigenvalue weighted by molar-refractivity contribution is -0.384. The molecule has 3 rings (SSSR count). The molecule has 150 valence electrons. The van der Waals surface area contributed by atoms with Gasteiger partial charge in [0.1, 0.15) is 22.3 Å². The molecule has 0 unspecified atom stereocenters. The summed E-state index contributed by atoms with van der Waals surface area (Å²) in [6.07, 6.45) is 3.00. The topological polar surface area (TPSA) is 135 Å². The van der Waals surface area contributed by atoms with Crippen molar-refractivity contribution in [2.45, 2.75) is 31.8 Å². The summed E-state index contributed by atoms with van der Waals surface area (Å²) in [6, 6.07) is 7.75. The van der Waals surface area contributed by atoms with Gasteiger partial charge in [-0.3, -0.25) is 15.2 Å². The Hall–Kier alpha value is -3.40. The van der Waals surface area contributed by atoms with Crippen LogP contribution in [0.3, 0.4) is 0 Å². The Morgan fingerprint density at radius 3 is 2.86 bits per heavy atom. The van der Waals surface area contributed by atoms with Crippen molar-refractivity contribution in [2.24, 2.45) is 0 Å². The van der Waals surface area contributed by atoms with Gasteiger partial charge < -0.3 is 9.52 Å². The van der Waals surface area contributed by atoms with E-state index in [-0.39, 0.29) is 10.6 Å². The molecule has 0 aliphatic carbocycles. The Labute approximate surface area is 170 Å². The first-order chi connectivity index (χ1) is 13.9. The van der Waals surface area contributed by atoms with Gasteiger partial charge in [0.15, 0.2) is 0 Å². The van der Waals surface area contributed by atoms with Crippen LogP contribution in [0, 0.1) is 17.0 Å². The molecule has 1 aromatic carbocycles. The summed E-state index contributed by atoms with van der Waals surface area (Å²) in [5.74, 6) is 0.276. The molecular formula is C19H18N4O5S. The van der Waals surface area contributed by atoms with Crippen molar-refractivity contribution in [3.63, 3.8) is 0 Å². The van der Waals surface area contributed by atoms with Gasteiger partial charge in [0, 0.05) is 30.2 Å². The molecule has 0 amide bonds. The number of aromatic nitrogens is 3. The van der Waals surface area contributed by atoms with Gasteiger partial charge in [0.2, 0.25) is 5.16 Å². The summed E-state index contributed by atoms with van der Waals surface area (Å²) in [5.41, 5.74) is 1.33. The number of carboxylic acid groups (broad SMARTS) is 1. The summed E-state index contributed by atoms with van der Waals surface area (Å²) >= 11 is 0.912. The number of aromatic amines is 1. The number of nitrogens with one attached hydrogen (secondary N) is 1. The van der Waals surface area contributed by atoms with Gasteiger partial charge in [-0.25, -0.2) is 9.78 Å². The second kappa shape index (κ2) is 8.74. The minimum absolute atomic E-state index is 0.0105. The van der Waals surface area contributed by atoms with Crippen LogP contribution in [0.1, 0.15) is 30.5 Å². The fourth-order valence-corrected chi connectivity index (χ4v) is 3.30. The van der Waals surface area contributed by atoms with Gasteiger partial charge in [0.25, 0.3) is 5.69 Å². The summed E-state index contributed by atoms with van der Waals surface area (Å²) in [6.45, 7) is 3.82. The van der Waals surface area contributed by atoms with Crippen molar-refractivity contribution in [1.82, 2.24) is 15.2 Å². The van der Waals surface area contributed by atoms with Crippen LogP contribution in [0.5, 0.6) is 0 Å². The maximum atomic E-state index is 11.6. The van der Waals surface area contributed by atoms with Crippen LogP contribution in [-0.4, -0.2) is 31.2 Å². The van der Waals surface area contributed by atoms with E-state index in [9.17, 15) is 20.0 Å². The van der Waals surface area contributed by atoms with Crippen molar-refractivity contribution in [1.29, 1.82) is 0 Å². The van der Waals surface area contributed by atoms with Gasteiger partial charge in [-0.05, 0) is 42.8 Å². The number of H-pyrrole nitrogens is 1. The lowest BCUT2D eigenvalue weighted by atomic mass is 10.1. The van der Waals surface area contributed by atoms with E-state index in [0.29, 0.717) is 28.1 Å². The number of carbonyl (C=O) groups is 1. The Balaban J connectivity index is 1.87. The van der Waals surface area contributed by atoms with Gasteiger partial charge in [-0.1, -0.05) is 13.0 Å². The van der Waals surface area contributed by atoms with Crippen molar-refractivity contribution in [3.05, 3.63) is 62.5 Å². The van der Waals surface area contributed by atoms with Crippen LogP contribution in [0.15, 0.2) is 44.8 Å². The number of benzene rings is 1. The van der Waals surface area contributed by atoms with Gasteiger partial charge in [-0.2, -0.15) is 0 Å². The van der Waals surface area contributed by atoms with Gasteiger partial charge in [0.05, 0.1) is 4.92 Å². The predicted molar refractivity (Wildman–Crippen MR) is 107 cm³/mol. The molecule has 2 heterocycles. The van der Waals surface area contributed by atoms with Crippen molar-refractivity contribution in [2.75, 3.05) is 0 Å². The zero-order valence-electron chi connectivity index (χ0n) is 15.7. The standard InChI is InChI=1S/C19H18N4O5S/c1-3-4-17-20-19(22-21-17)29-16(18(24)25)10-13-7-8-15(28-13)14-9-12(23(26)27)6-5-11(14)2/h5-10H,3-4H2,1-2H3,(H,24,25)(H,20,21,22)/b16-10+. The van der Waals surface area contributed by atoms with E-state index in [1.807, 2.05) is 13.8 Å². The second-order valence-corrected chi connectivity index (χ2v) is 7.20. The molecule has 0 saturated carbocycles. The predicted octanol–water partition coefficient (Wildman–Crippen LogP) is 4.45. The smallest absolute Gasteiger partial charge is 0.342 e. The molecule has 10 heteroatoms. The number of aryl methyl sites for hydroxylation is 2. The minimum Gasteiger partial charge on any atom is -0.477 e. The third kappa shape index (κ3) is 4.91. The number of aliphatic carboxylic acids is 1. The van der Waals surface area contributed by atoms with Crippen LogP contribution < -0.4 is 0 Å². The zero-order chi connectivity index (χ0) is 21.0. The first kappa shape index (κ1) is 20.3. The average Bonchev–Trinajstić information content (AvgIpc) is 3.31. The van der Waals surface area contributed by atoms with E-state index >= 15 is 0 Å². The number of carboxylic acids is 1. The summed E-state index contributed by atoms with van der Waals surface area (Å²) in [4.78, 5) is 26.4. The first-order valence-electron chi connectivity index (χ1n) is 8.76. The van der Waals surface area contributed by atoms with Crippen LogP contribution in [0.4, 0.5) is 5.69 Å². The van der Waals surface area contributed by atoms with Crippen LogP contribution in [0.2, 0.25) is 0 Å². The van der Waals surface area contributed by atoms with E-state index in [0.717, 1.165) is 30.2 Å². The van der Waals surface area contributed by atoms with Crippen LogP contribution >= 0.6 is 11.8 Å². The first-order valence-corrected chi connectivity index (χ1v) is 9.58. The van der Waals surface area contributed by atoms with Crippen LogP contribution in [-0.2, 0) is 11.2 Å². The highest BCUT2D eigenvalue weighted by molar-refractivity contribution is 8.04. The maximum Gasteiger partial charge on any atom is 0.342 e. The number of non-ortho nitro benzene ring substituents is 1. The molecule has 2 aromatic heterocycles. The molecule has 29 heavy (non-hydrogen) atoms. The minimum atomic E-state index is -1.14. The van der Waals surface area contributed by atoms with Gasteiger partial charge >= 0.3 is 5.97 Å². The number of hydrogen-bond acceptors (Lipinski definition) is 7. The number of nitrogens with zero attached hydrogens (tertiary/aromatic N) is 3. The van der Waals surface area contributed by atoms with Crippen molar-refractivity contribution < 1.29 is 19.2 Å². The number of thioether (sulfide) groups is 1. The summed E-state index contributed by atoms with van der Waals surface area (Å²) < 4.78 is 5.72. The molecule has 3 aromatic rings. The fraction of sp³-hybridized carbons (Fsp3) is 0.211. The molecule has 2 N–H and O–H groups in total. The van der Waals surface area contributed by atoms with E-state index in [2.05, 4.69) is 15.2 Å². The number of nitro benzene ring substituents is 1. The lowest BCUT2D eigenvalue weighted by Gasteiger charge is -2.02. The highest BCUT2D eigenvalue weighted by Gasteiger charge is 2.16. The molecule has 0 bridgehead atoms. The molecule has 0 aliphatic heterocycles. The number of hydrogen-bond donors (Lipinski definition) is 2. The Bertz CT molecular complexity index is 1090. The molecule has 0 radical (unpaired) electrons. The Morgan fingerprint density at radius 2 is 2.17 bits per heavy atom. The number of nitro groups is 1. The average molecular weight is 414 g/mol. The van der Waals surface area contributed by atoms with Crippen molar-refractivity contribution >= 4 is 29.5 Å². The SMILES string of the molecule is CCCc1nc(S/C(=C/c2ccc(-c3cc([N+](=O)[O-])ccc3C)o2)C(=O)O)n[nH]1. The van der Waals surface area contributed by atoms with E-state index in [1.165, 1.54) is 18.2 Å². The highest BCUT2D eigenvalue weighted by atomic mass is 32.2. The molecule has 0 atom stereocenters. The van der Waals surface area contributed by atoms with E-state index in [1.54, 1.807) is 18.2 Å². The molecular weight excluding hydrogens is 396 g/mol. The lowest BCUT2D eigenvalue weighted by Crippen LogP contribution is -1.97. The largest absolute Gasteiger partial charge is 0.477 e. The second-order valence-electron chi connectivity index (χ2n) is 6.19. The van der Waals surface area contributed by atoms with E-state index < -0.39 is 10.9 Å². The molecule has 9 nitrogen and oxygen atoms in total. The van der Waals surface area contributed by atoms with Gasteiger partial charge in [-0.15, -0.1) is 5.10 Å². The van der Waals surface area contributed by atoms with E-state index in [4.69, 9.17) is 4.42 Å². The third-order valence-electron chi connectivity index (χ3n) is 4.01. The molecule has 0 aliphatic rings. The quantitative estimate of drug-likeness (QED) is 0.239. The maximum absolute atomic E-state index is 11.6. The normalized spacial score (nSPS) is 11.6. The Morgan fingerprint density at radius 1 is 1.38 bits per heavy atom. The molecule has 0 fully saturated rings. The summed E-state index contributed by atoms with van der Waals surface area (Å²) in [7, 11) is 0. The number of furan rings is 1. The fourth-order valence-electron chi connectivity index (χ4n) is 2.60. The van der Waals surface area contributed by atoms with Crippen LogP contribution in [0.25, 0.3) is 17.4 Å². The molecule has 0 saturated heterocycles. The number of rotatable bonds is 8. The zero-order valence-corrected chi connectivity index (χ0v) is 16.5. The Kier molecular flexibility index (Phi) is 6.13. The highest BCUT2D eigenvalue weighted by Crippen LogP contribution is 2.31. The summed E-state index contributed by atoms with van der Waals surface area (Å²) in [5, 5.41) is 27.6. The third-order valence-corrected chi connectivity index (χ3v) is 4.89. The van der Waals surface area contributed by atoms with Crippen molar-refractivity contribution in [3.8, 4) is 11.3 Å². The monoisotopic (exact) mass is 414 g/mol.